The molecule has 0 fully saturated rings. The molecule has 0 aliphatic carbocycles. The maximum absolute atomic E-state index is 11.2. The van der Waals surface area contributed by atoms with E-state index in [1.165, 1.54) is 0 Å². The number of aromatic carboxylic acids is 1. The molecule has 18 heavy (non-hydrogen) atoms. The van der Waals surface area contributed by atoms with Crippen LogP contribution in [0, 0.1) is 0 Å². The van der Waals surface area contributed by atoms with Gasteiger partial charge in [0.2, 0.25) is 0 Å². The number of thioether (sulfide) groups is 1. The molecule has 0 saturated heterocycles. The van der Waals surface area contributed by atoms with Crippen LogP contribution in [0.25, 0.3) is 11.3 Å². The highest BCUT2D eigenvalue weighted by molar-refractivity contribution is 9.11. The molecule has 1 unspecified atom stereocenters. The Bertz CT molecular complexity index is 654. The molecule has 1 aliphatic heterocycles. The SMILES string of the molecule is Cn1nc(C(=O)O)c2c1-c1ccccc1SC2Br. The lowest BCUT2D eigenvalue weighted by Gasteiger charge is -2.21. The first-order valence-electron chi connectivity index (χ1n) is 5.30. The quantitative estimate of drug-likeness (QED) is 0.818. The third-order valence-corrected chi connectivity index (χ3v) is 4.96. The number of rotatable bonds is 1. The molecule has 1 aliphatic rings. The van der Waals surface area contributed by atoms with E-state index in [-0.39, 0.29) is 9.85 Å². The summed E-state index contributed by atoms with van der Waals surface area (Å²) in [5, 5.41) is 13.3. The summed E-state index contributed by atoms with van der Waals surface area (Å²) in [4.78, 5) is 12.4. The van der Waals surface area contributed by atoms with Gasteiger partial charge in [0.15, 0.2) is 5.69 Å². The minimum Gasteiger partial charge on any atom is -0.476 e. The number of carboxylic acids is 1. The Labute approximate surface area is 116 Å². The molecule has 0 spiro atoms. The van der Waals surface area contributed by atoms with Gasteiger partial charge < -0.3 is 5.11 Å². The van der Waals surface area contributed by atoms with Crippen LogP contribution in [0.3, 0.4) is 0 Å². The summed E-state index contributed by atoms with van der Waals surface area (Å²) in [7, 11) is 1.78. The van der Waals surface area contributed by atoms with Crippen LogP contribution in [0.15, 0.2) is 29.2 Å². The number of aryl methyl sites for hydroxylation is 1. The van der Waals surface area contributed by atoms with Crippen molar-refractivity contribution in [1.82, 2.24) is 9.78 Å². The minimum atomic E-state index is -0.990. The average molecular weight is 325 g/mol. The fourth-order valence-electron chi connectivity index (χ4n) is 2.17. The summed E-state index contributed by atoms with van der Waals surface area (Å²) >= 11 is 5.14. The van der Waals surface area contributed by atoms with Crippen LogP contribution in [0.4, 0.5) is 0 Å². The van der Waals surface area contributed by atoms with E-state index in [1.807, 2.05) is 24.3 Å². The van der Waals surface area contributed by atoms with Crippen molar-refractivity contribution in [3.63, 3.8) is 0 Å². The maximum atomic E-state index is 11.2. The topological polar surface area (TPSA) is 55.1 Å². The minimum absolute atomic E-state index is 0.0813. The van der Waals surface area contributed by atoms with Gasteiger partial charge in [-0.1, -0.05) is 34.1 Å². The Morgan fingerprint density at radius 1 is 1.50 bits per heavy atom. The predicted molar refractivity (Wildman–Crippen MR) is 73.1 cm³/mol. The number of fused-ring (bicyclic) bond motifs is 3. The van der Waals surface area contributed by atoms with Gasteiger partial charge in [-0.2, -0.15) is 5.10 Å². The third kappa shape index (κ3) is 1.59. The van der Waals surface area contributed by atoms with Gasteiger partial charge in [-0.3, -0.25) is 4.68 Å². The molecule has 0 saturated carbocycles. The zero-order valence-electron chi connectivity index (χ0n) is 9.42. The Hall–Kier alpha value is -1.27. The molecular weight excluding hydrogens is 316 g/mol. The summed E-state index contributed by atoms with van der Waals surface area (Å²) in [6.45, 7) is 0. The predicted octanol–water partition coefficient (Wildman–Crippen LogP) is 3.28. The summed E-state index contributed by atoms with van der Waals surface area (Å²) in [6.07, 6.45) is 0. The van der Waals surface area contributed by atoms with Crippen LogP contribution in [-0.2, 0) is 7.05 Å². The van der Waals surface area contributed by atoms with Crippen LogP contribution >= 0.6 is 27.7 Å². The lowest BCUT2D eigenvalue weighted by molar-refractivity contribution is 0.0688. The molecule has 0 amide bonds. The molecule has 6 heteroatoms. The second-order valence-corrected chi connectivity index (χ2v) is 6.64. The van der Waals surface area contributed by atoms with Gasteiger partial charge >= 0.3 is 5.97 Å². The van der Waals surface area contributed by atoms with Gasteiger partial charge in [-0.05, 0) is 6.07 Å². The van der Waals surface area contributed by atoms with Gasteiger partial charge in [0.1, 0.15) is 0 Å². The average Bonchev–Trinajstić information content (AvgIpc) is 2.69. The molecule has 92 valence electrons. The van der Waals surface area contributed by atoms with Crippen molar-refractivity contribution in [1.29, 1.82) is 0 Å². The smallest absolute Gasteiger partial charge is 0.356 e. The normalized spacial score (nSPS) is 17.1. The van der Waals surface area contributed by atoms with E-state index in [0.29, 0.717) is 0 Å². The van der Waals surface area contributed by atoms with E-state index >= 15 is 0 Å². The molecule has 1 aromatic carbocycles. The number of hydrogen-bond donors (Lipinski definition) is 1. The van der Waals surface area contributed by atoms with Crippen molar-refractivity contribution in [3.05, 3.63) is 35.5 Å². The monoisotopic (exact) mass is 324 g/mol. The molecule has 2 aromatic rings. The summed E-state index contributed by atoms with van der Waals surface area (Å²) < 4.78 is 1.56. The Morgan fingerprint density at radius 3 is 2.94 bits per heavy atom. The number of aromatic nitrogens is 2. The van der Waals surface area contributed by atoms with Crippen LogP contribution in [0.2, 0.25) is 0 Å². The molecule has 0 radical (unpaired) electrons. The van der Waals surface area contributed by atoms with Crippen molar-refractivity contribution in [3.8, 4) is 11.3 Å². The highest BCUT2D eigenvalue weighted by atomic mass is 79.9. The highest BCUT2D eigenvalue weighted by Crippen LogP contribution is 2.52. The standard InChI is InChI=1S/C12H9BrN2O2S/c1-15-10-6-4-2-3-5-7(6)18-11(13)8(10)9(14-15)12(16)17/h2-5,11H,1H3,(H,16,17). The third-order valence-electron chi connectivity index (χ3n) is 2.89. The van der Waals surface area contributed by atoms with E-state index in [0.717, 1.165) is 21.7 Å². The molecule has 1 N–H and O–H groups in total. The number of halogens is 1. The summed E-state index contributed by atoms with van der Waals surface area (Å²) in [5.74, 6) is -0.990. The van der Waals surface area contributed by atoms with Gasteiger partial charge in [-0.15, -0.1) is 11.8 Å². The zero-order valence-corrected chi connectivity index (χ0v) is 11.8. The Morgan fingerprint density at radius 2 is 2.22 bits per heavy atom. The zero-order chi connectivity index (χ0) is 12.9. The number of carboxylic acid groups (broad SMARTS) is 1. The van der Waals surface area contributed by atoms with E-state index in [2.05, 4.69) is 21.0 Å². The maximum Gasteiger partial charge on any atom is 0.356 e. The lowest BCUT2D eigenvalue weighted by Crippen LogP contribution is -2.04. The number of benzene rings is 1. The van der Waals surface area contributed by atoms with Crippen molar-refractivity contribution in [2.75, 3.05) is 0 Å². The van der Waals surface area contributed by atoms with Gasteiger partial charge in [-0.25, -0.2) is 4.79 Å². The lowest BCUT2D eigenvalue weighted by atomic mass is 10.1. The highest BCUT2D eigenvalue weighted by Gasteiger charge is 2.32. The van der Waals surface area contributed by atoms with E-state index in [4.69, 9.17) is 0 Å². The summed E-state index contributed by atoms with van der Waals surface area (Å²) in [5.41, 5.74) is 2.78. The molecule has 1 aromatic heterocycles. The van der Waals surface area contributed by atoms with Crippen molar-refractivity contribution >= 4 is 33.7 Å². The molecule has 1 atom stereocenters. The van der Waals surface area contributed by atoms with E-state index < -0.39 is 5.97 Å². The summed E-state index contributed by atoms with van der Waals surface area (Å²) in [6, 6.07) is 7.95. The Kier molecular flexibility index (Phi) is 2.71. The first-order valence-corrected chi connectivity index (χ1v) is 7.09. The van der Waals surface area contributed by atoms with Crippen LogP contribution in [0.5, 0.6) is 0 Å². The first-order chi connectivity index (χ1) is 8.59. The molecule has 4 nitrogen and oxygen atoms in total. The largest absolute Gasteiger partial charge is 0.476 e. The van der Waals surface area contributed by atoms with Gasteiger partial charge in [0, 0.05) is 23.1 Å². The van der Waals surface area contributed by atoms with Crippen LogP contribution in [-0.4, -0.2) is 20.9 Å². The molecule has 2 heterocycles. The Balaban J connectivity index is 2.34. The van der Waals surface area contributed by atoms with Crippen LogP contribution < -0.4 is 0 Å². The van der Waals surface area contributed by atoms with E-state index in [1.54, 1.807) is 23.5 Å². The number of nitrogens with zero attached hydrogens (tertiary/aromatic N) is 2. The number of alkyl halides is 1. The molecule has 3 rings (SSSR count). The first kappa shape index (κ1) is 11.8. The van der Waals surface area contributed by atoms with E-state index in [9.17, 15) is 9.90 Å². The second-order valence-electron chi connectivity index (χ2n) is 3.97. The van der Waals surface area contributed by atoms with Gasteiger partial charge in [0.05, 0.1) is 9.85 Å². The van der Waals surface area contributed by atoms with Crippen molar-refractivity contribution < 1.29 is 9.90 Å². The fraction of sp³-hybridized carbons (Fsp3) is 0.167. The fourth-order valence-corrected chi connectivity index (χ4v) is 4.22. The van der Waals surface area contributed by atoms with Crippen molar-refractivity contribution in [2.24, 2.45) is 7.05 Å². The molecule has 0 bridgehead atoms. The number of hydrogen-bond acceptors (Lipinski definition) is 3. The van der Waals surface area contributed by atoms with Gasteiger partial charge in [0.25, 0.3) is 0 Å². The molecular formula is C12H9BrN2O2S. The second kappa shape index (κ2) is 4.13. The number of carbonyl (C=O) groups is 1. The van der Waals surface area contributed by atoms with Crippen LogP contribution in [0.1, 0.15) is 20.2 Å². The van der Waals surface area contributed by atoms with Crippen molar-refractivity contribution in [2.45, 2.75) is 9.05 Å².